The second-order valence-corrected chi connectivity index (χ2v) is 9.90. The number of nitrogens with zero attached hydrogens (tertiary/aromatic N) is 3. The summed E-state index contributed by atoms with van der Waals surface area (Å²) in [6.45, 7) is 7.36. The number of methoxy groups -OCH3 is 1. The first-order valence-corrected chi connectivity index (χ1v) is 12.8. The summed E-state index contributed by atoms with van der Waals surface area (Å²) in [4.78, 5) is 36.8. The van der Waals surface area contributed by atoms with E-state index >= 15 is 0 Å². The van der Waals surface area contributed by atoms with E-state index in [1.54, 1.807) is 24.5 Å². The third kappa shape index (κ3) is 6.48. The van der Waals surface area contributed by atoms with Gasteiger partial charge in [0, 0.05) is 6.54 Å². The van der Waals surface area contributed by atoms with Gasteiger partial charge in [-0.05, 0) is 37.6 Å². The molecule has 0 spiro atoms. The highest BCUT2D eigenvalue weighted by Gasteiger charge is 2.26. The molecule has 1 aromatic carbocycles. The van der Waals surface area contributed by atoms with Crippen LogP contribution in [-0.4, -0.2) is 45.4 Å². The molecule has 0 saturated carbocycles. The minimum atomic E-state index is -0.717. The largest absolute Gasteiger partial charge is 0.481 e. The summed E-state index contributed by atoms with van der Waals surface area (Å²) in [6, 6.07) is 3.79. The van der Waals surface area contributed by atoms with Gasteiger partial charge in [0.25, 0.3) is 5.91 Å². The Morgan fingerprint density at radius 3 is 2.73 bits per heavy atom. The minimum absolute atomic E-state index is 0.0715. The van der Waals surface area contributed by atoms with Crippen molar-refractivity contribution in [2.75, 3.05) is 18.2 Å². The van der Waals surface area contributed by atoms with Crippen LogP contribution in [0.1, 0.15) is 44.4 Å². The molecule has 0 bridgehead atoms. The number of primary amides is 1. The van der Waals surface area contributed by atoms with E-state index in [1.165, 1.54) is 19.2 Å². The summed E-state index contributed by atoms with van der Waals surface area (Å²) in [7, 11) is 1.20. The zero-order chi connectivity index (χ0) is 27.3. The Bertz CT molecular complexity index is 1360. The third-order valence-corrected chi connectivity index (χ3v) is 7.45. The number of nitrogens with one attached hydrogen (secondary N) is 1. The van der Waals surface area contributed by atoms with Gasteiger partial charge in [-0.3, -0.25) is 14.2 Å². The number of halogens is 2. The monoisotopic (exact) mass is 567 g/mol. The first-order chi connectivity index (χ1) is 17.6. The summed E-state index contributed by atoms with van der Waals surface area (Å²) < 4.78 is 25.7. The first-order valence-electron chi connectivity index (χ1n) is 10.7. The number of nitrogens with two attached hydrogens (primary N) is 1. The van der Waals surface area contributed by atoms with Gasteiger partial charge >= 0.3 is 5.97 Å². The first kappa shape index (κ1) is 28.2. The van der Waals surface area contributed by atoms with E-state index in [9.17, 15) is 18.8 Å². The van der Waals surface area contributed by atoms with Gasteiger partial charge in [-0.2, -0.15) is 0 Å². The minimum Gasteiger partial charge on any atom is -0.481 e. The molecule has 2 amide bonds. The summed E-state index contributed by atoms with van der Waals surface area (Å²) in [5.41, 5.74) is 5.78. The molecule has 2 aromatic heterocycles. The number of hydrogen-bond acceptors (Lipinski definition) is 9. The number of aromatic nitrogens is 3. The Balaban J connectivity index is 1.75. The molecule has 1 atom stereocenters. The molecule has 3 rings (SSSR count). The quantitative estimate of drug-likeness (QED) is 0.198. The number of ether oxygens (including phenoxy) is 2. The third-order valence-electron chi connectivity index (χ3n) is 4.96. The number of esters is 1. The Morgan fingerprint density at radius 1 is 1.38 bits per heavy atom. The van der Waals surface area contributed by atoms with Crippen LogP contribution in [0, 0.1) is 12.7 Å². The number of hydrogen-bond donors (Lipinski definition) is 2. The highest BCUT2D eigenvalue weighted by atomic mass is 35.5. The molecule has 2 heterocycles. The Morgan fingerprint density at radius 2 is 2.11 bits per heavy atom. The van der Waals surface area contributed by atoms with Crippen LogP contribution >= 0.6 is 34.7 Å². The van der Waals surface area contributed by atoms with Gasteiger partial charge in [0.15, 0.2) is 17.1 Å². The number of allylic oxidation sites excluding steroid dienone is 1. The van der Waals surface area contributed by atoms with Crippen LogP contribution in [0.2, 0.25) is 5.02 Å². The second kappa shape index (κ2) is 12.2. The average molecular weight is 568 g/mol. The van der Waals surface area contributed by atoms with Gasteiger partial charge in [-0.15, -0.1) is 28.1 Å². The lowest BCUT2D eigenvalue weighted by Crippen LogP contribution is -2.17. The number of rotatable bonds is 11. The molecule has 3 aromatic rings. The van der Waals surface area contributed by atoms with Gasteiger partial charge in [-0.1, -0.05) is 29.4 Å². The second-order valence-electron chi connectivity index (χ2n) is 7.53. The van der Waals surface area contributed by atoms with Crippen molar-refractivity contribution in [3.8, 4) is 5.75 Å². The number of carbonyl (C=O) groups excluding carboxylic acids is 3. The van der Waals surface area contributed by atoms with Crippen molar-refractivity contribution in [3.63, 3.8) is 0 Å². The van der Waals surface area contributed by atoms with Crippen molar-refractivity contribution < 1.29 is 28.2 Å². The lowest BCUT2D eigenvalue weighted by Gasteiger charge is -2.16. The molecule has 0 aliphatic heterocycles. The summed E-state index contributed by atoms with van der Waals surface area (Å²) in [5.74, 6) is -1.72. The topological polar surface area (TPSA) is 138 Å². The predicted octanol–water partition coefficient (Wildman–Crippen LogP) is 4.38. The van der Waals surface area contributed by atoms with Crippen molar-refractivity contribution in [1.29, 1.82) is 0 Å². The zero-order valence-electron chi connectivity index (χ0n) is 20.0. The highest BCUT2D eigenvalue weighted by Crippen LogP contribution is 2.34. The van der Waals surface area contributed by atoms with Gasteiger partial charge in [0.2, 0.25) is 5.91 Å². The van der Waals surface area contributed by atoms with Crippen molar-refractivity contribution in [2.24, 2.45) is 5.73 Å². The van der Waals surface area contributed by atoms with Crippen LogP contribution in [0.3, 0.4) is 0 Å². The van der Waals surface area contributed by atoms with E-state index in [2.05, 4.69) is 22.1 Å². The maximum absolute atomic E-state index is 13.3. The van der Waals surface area contributed by atoms with Crippen molar-refractivity contribution in [3.05, 3.63) is 63.5 Å². The molecular weight excluding hydrogens is 545 g/mol. The zero-order valence-corrected chi connectivity index (χ0v) is 22.4. The summed E-state index contributed by atoms with van der Waals surface area (Å²) in [5, 5.41) is 11.7. The smallest absolute Gasteiger partial charge is 0.341 e. The summed E-state index contributed by atoms with van der Waals surface area (Å²) in [6.07, 6.45) is 1.03. The van der Waals surface area contributed by atoms with E-state index in [4.69, 9.17) is 26.8 Å². The number of carbonyl (C=O) groups is 3. The van der Waals surface area contributed by atoms with E-state index in [0.717, 1.165) is 29.2 Å². The van der Waals surface area contributed by atoms with E-state index in [1.807, 2.05) is 0 Å². The maximum atomic E-state index is 13.3. The van der Waals surface area contributed by atoms with Gasteiger partial charge in [0.1, 0.15) is 16.6 Å². The molecule has 14 heteroatoms. The lowest BCUT2D eigenvalue weighted by atomic mass is 10.1. The highest BCUT2D eigenvalue weighted by molar-refractivity contribution is 7.99. The number of anilines is 1. The fourth-order valence-electron chi connectivity index (χ4n) is 3.30. The van der Waals surface area contributed by atoms with Crippen LogP contribution in [0.15, 0.2) is 36.0 Å². The van der Waals surface area contributed by atoms with E-state index in [-0.39, 0.29) is 32.0 Å². The van der Waals surface area contributed by atoms with Crippen LogP contribution in [0.25, 0.3) is 0 Å². The van der Waals surface area contributed by atoms with E-state index < -0.39 is 29.7 Å². The molecule has 0 aliphatic rings. The molecule has 0 radical (unpaired) electrons. The molecule has 0 aliphatic carbocycles. The molecule has 3 N–H and O–H groups in total. The molecule has 196 valence electrons. The molecule has 37 heavy (non-hydrogen) atoms. The predicted molar refractivity (Wildman–Crippen MR) is 139 cm³/mol. The molecular formula is C23H23ClFN5O5S2. The average Bonchev–Trinajstić information content (AvgIpc) is 3.39. The van der Waals surface area contributed by atoms with Gasteiger partial charge in [-0.25, -0.2) is 9.18 Å². The van der Waals surface area contributed by atoms with E-state index in [0.29, 0.717) is 23.1 Å². The number of benzene rings is 1. The maximum Gasteiger partial charge on any atom is 0.341 e. The normalized spacial score (nSPS) is 11.6. The molecule has 0 saturated heterocycles. The number of thioether (sulfide) groups is 1. The molecule has 10 nitrogen and oxygen atoms in total. The lowest BCUT2D eigenvalue weighted by molar-refractivity contribution is -0.113. The Hall–Kier alpha value is -3.42. The standard InChI is InChI=1S/C23H23ClFN5O5S2/c1-5-8-30-20(12(3)35-15-7-6-13(25)9-14(15)24)28-29-23(30)36-10-16(31)27-21-17(22(33)34-4)11(2)18(37-21)19(26)32/h5-7,9,12H,1,8,10H2,2-4H3,(H2,26,32)(H,27,31). The number of thiophene rings is 1. The van der Waals surface area contributed by atoms with Crippen molar-refractivity contribution >= 4 is 57.5 Å². The Labute approximate surface area is 225 Å². The molecule has 0 fully saturated rings. The number of amides is 2. The molecule has 1 unspecified atom stereocenters. The Kier molecular flexibility index (Phi) is 9.29. The van der Waals surface area contributed by atoms with Crippen LogP contribution in [0.5, 0.6) is 5.75 Å². The van der Waals surface area contributed by atoms with Crippen molar-refractivity contribution in [2.45, 2.75) is 31.7 Å². The fourth-order valence-corrected chi connectivity index (χ4v) is 5.33. The van der Waals surface area contributed by atoms with Crippen LogP contribution < -0.4 is 15.8 Å². The van der Waals surface area contributed by atoms with Gasteiger partial charge < -0.3 is 20.5 Å². The van der Waals surface area contributed by atoms with Crippen LogP contribution in [0.4, 0.5) is 9.39 Å². The van der Waals surface area contributed by atoms with Crippen molar-refractivity contribution in [1.82, 2.24) is 14.8 Å². The SMILES string of the molecule is C=CCn1c(SCC(=O)Nc2sc(C(N)=O)c(C)c2C(=O)OC)nnc1C(C)Oc1ccc(F)cc1Cl. The fraction of sp³-hybridized carbons (Fsp3) is 0.261. The van der Waals surface area contributed by atoms with Gasteiger partial charge in [0.05, 0.1) is 28.3 Å². The summed E-state index contributed by atoms with van der Waals surface area (Å²) >= 11 is 8.05. The van der Waals surface area contributed by atoms with Crippen LogP contribution in [-0.2, 0) is 16.1 Å².